The van der Waals surface area contributed by atoms with E-state index < -0.39 is 0 Å². The molecule has 0 atom stereocenters. The van der Waals surface area contributed by atoms with Crippen LogP contribution in [0, 0.1) is 5.92 Å². The largest absolute Gasteiger partial charge is 0.317 e. The van der Waals surface area contributed by atoms with Crippen molar-refractivity contribution in [3.8, 4) is 11.3 Å². The van der Waals surface area contributed by atoms with Gasteiger partial charge in [0, 0.05) is 18.7 Å². The van der Waals surface area contributed by atoms with Crippen LogP contribution in [0.3, 0.4) is 0 Å². The Morgan fingerprint density at radius 1 is 1.12 bits per heavy atom. The van der Waals surface area contributed by atoms with Crippen LogP contribution in [0.25, 0.3) is 22.3 Å². The van der Waals surface area contributed by atoms with Crippen LogP contribution in [-0.4, -0.2) is 52.1 Å². The minimum absolute atomic E-state index is 0.715. The molecule has 1 fully saturated rings. The van der Waals surface area contributed by atoms with E-state index in [0.29, 0.717) is 5.52 Å². The minimum atomic E-state index is 0.715. The third-order valence-corrected chi connectivity index (χ3v) is 4.74. The molecule has 0 amide bonds. The monoisotopic (exact) mass is 338 g/mol. The lowest BCUT2D eigenvalue weighted by molar-refractivity contribution is 0.232. The molecule has 7 nitrogen and oxygen atoms in total. The molecule has 1 aliphatic rings. The van der Waals surface area contributed by atoms with Crippen LogP contribution >= 0.6 is 0 Å². The molecule has 25 heavy (non-hydrogen) atoms. The van der Waals surface area contributed by atoms with Crippen molar-refractivity contribution in [2.24, 2.45) is 5.92 Å². The van der Waals surface area contributed by atoms with Gasteiger partial charge in [-0.1, -0.05) is 12.1 Å². The van der Waals surface area contributed by atoms with Gasteiger partial charge in [0.05, 0.1) is 11.4 Å². The molecule has 0 spiro atoms. The van der Waals surface area contributed by atoms with E-state index in [1.54, 1.807) is 0 Å². The highest BCUT2D eigenvalue weighted by Crippen LogP contribution is 2.24. The second kappa shape index (κ2) is 7.25. The van der Waals surface area contributed by atoms with Crippen molar-refractivity contribution in [1.82, 2.24) is 30.7 Å². The van der Waals surface area contributed by atoms with Crippen molar-refractivity contribution in [2.45, 2.75) is 19.4 Å². The maximum Gasteiger partial charge on any atom is 0.144 e. The third-order valence-electron chi connectivity index (χ3n) is 4.74. The number of aromatic nitrogens is 4. The predicted octanol–water partition coefficient (Wildman–Crippen LogP) is 2.11. The fraction of sp³-hybridized carbons (Fsp3) is 0.444. The molecule has 3 heterocycles. The minimum Gasteiger partial charge on any atom is -0.317 e. The van der Waals surface area contributed by atoms with Gasteiger partial charge in [-0.15, -0.1) is 0 Å². The molecule has 2 aromatic heterocycles. The Morgan fingerprint density at radius 2 is 2.00 bits per heavy atom. The molecule has 1 N–H and O–H groups in total. The van der Waals surface area contributed by atoms with E-state index in [1.807, 2.05) is 30.3 Å². The van der Waals surface area contributed by atoms with E-state index in [4.69, 9.17) is 4.63 Å². The first-order valence-corrected chi connectivity index (χ1v) is 8.73. The normalized spacial score (nSPS) is 15.9. The highest BCUT2D eigenvalue weighted by atomic mass is 16.6. The Morgan fingerprint density at radius 3 is 2.80 bits per heavy atom. The van der Waals surface area contributed by atoms with Crippen molar-refractivity contribution >= 4 is 11.0 Å². The standard InChI is InChI=1S/C18H22N6O/c1-24(11-13-7-9-19-10-8-13)12-14-5-6-16(21-20-14)15-3-2-4-17-18(15)23-25-22-17/h2-6,13,19H,7-12H2,1H3. The quantitative estimate of drug-likeness (QED) is 0.763. The van der Waals surface area contributed by atoms with Gasteiger partial charge in [-0.05, 0) is 67.4 Å². The van der Waals surface area contributed by atoms with Crippen LogP contribution in [0.2, 0.25) is 0 Å². The van der Waals surface area contributed by atoms with Gasteiger partial charge < -0.3 is 10.2 Å². The first-order valence-electron chi connectivity index (χ1n) is 8.73. The Hall–Kier alpha value is -2.38. The summed E-state index contributed by atoms with van der Waals surface area (Å²) in [6.45, 7) is 4.19. The van der Waals surface area contributed by atoms with Gasteiger partial charge in [-0.3, -0.25) is 0 Å². The molecule has 4 rings (SSSR count). The van der Waals surface area contributed by atoms with Crippen LogP contribution in [0.4, 0.5) is 0 Å². The Kier molecular flexibility index (Phi) is 4.67. The van der Waals surface area contributed by atoms with Crippen LogP contribution < -0.4 is 5.32 Å². The van der Waals surface area contributed by atoms with Gasteiger partial charge in [-0.25, -0.2) is 4.63 Å². The van der Waals surface area contributed by atoms with Crippen LogP contribution in [0.5, 0.6) is 0 Å². The molecule has 0 radical (unpaired) electrons. The fourth-order valence-electron chi connectivity index (χ4n) is 3.45. The van der Waals surface area contributed by atoms with Crippen LogP contribution in [-0.2, 0) is 6.54 Å². The summed E-state index contributed by atoms with van der Waals surface area (Å²) >= 11 is 0. The highest BCUT2D eigenvalue weighted by molar-refractivity contribution is 5.89. The average molecular weight is 338 g/mol. The Labute approximate surface area is 146 Å². The second-order valence-electron chi connectivity index (χ2n) is 6.74. The third kappa shape index (κ3) is 3.67. The van der Waals surface area contributed by atoms with Gasteiger partial charge >= 0.3 is 0 Å². The van der Waals surface area contributed by atoms with Crippen molar-refractivity contribution in [2.75, 3.05) is 26.7 Å². The van der Waals surface area contributed by atoms with Crippen molar-refractivity contribution < 1.29 is 4.63 Å². The number of piperidine rings is 1. The molecule has 0 unspecified atom stereocenters. The lowest BCUT2D eigenvalue weighted by atomic mass is 9.98. The summed E-state index contributed by atoms with van der Waals surface area (Å²) in [5, 5.41) is 20.0. The van der Waals surface area contributed by atoms with Crippen molar-refractivity contribution in [1.29, 1.82) is 0 Å². The molecule has 1 saturated heterocycles. The summed E-state index contributed by atoms with van der Waals surface area (Å²) in [4.78, 5) is 2.34. The summed E-state index contributed by atoms with van der Waals surface area (Å²) in [7, 11) is 2.15. The first-order chi connectivity index (χ1) is 12.3. The Balaban J connectivity index is 1.44. The van der Waals surface area contributed by atoms with Gasteiger partial charge in [0.15, 0.2) is 0 Å². The number of benzene rings is 1. The van der Waals surface area contributed by atoms with Gasteiger partial charge in [0.2, 0.25) is 0 Å². The zero-order valence-electron chi connectivity index (χ0n) is 14.4. The fourth-order valence-corrected chi connectivity index (χ4v) is 3.45. The second-order valence-corrected chi connectivity index (χ2v) is 6.74. The number of hydrogen-bond donors (Lipinski definition) is 1. The van der Waals surface area contributed by atoms with Crippen LogP contribution in [0.15, 0.2) is 35.0 Å². The average Bonchev–Trinajstić information content (AvgIpc) is 3.12. The Bertz CT molecular complexity index is 825. The molecule has 0 bridgehead atoms. The molecular formula is C18H22N6O. The molecule has 3 aromatic rings. The smallest absolute Gasteiger partial charge is 0.144 e. The first kappa shape index (κ1) is 16.1. The summed E-state index contributed by atoms with van der Waals surface area (Å²) in [6.07, 6.45) is 2.51. The van der Waals surface area contributed by atoms with Gasteiger partial charge in [-0.2, -0.15) is 10.2 Å². The highest BCUT2D eigenvalue weighted by Gasteiger charge is 2.16. The summed E-state index contributed by atoms with van der Waals surface area (Å²) < 4.78 is 4.82. The maximum atomic E-state index is 4.82. The molecule has 1 aromatic carbocycles. The van der Waals surface area contributed by atoms with Gasteiger partial charge in [0.1, 0.15) is 11.0 Å². The van der Waals surface area contributed by atoms with Crippen molar-refractivity contribution in [3.05, 3.63) is 36.0 Å². The lowest BCUT2D eigenvalue weighted by Gasteiger charge is -2.27. The van der Waals surface area contributed by atoms with E-state index in [-0.39, 0.29) is 0 Å². The van der Waals surface area contributed by atoms with E-state index >= 15 is 0 Å². The summed E-state index contributed by atoms with van der Waals surface area (Å²) in [6, 6.07) is 9.77. The number of fused-ring (bicyclic) bond motifs is 1. The van der Waals surface area contributed by atoms with E-state index in [2.05, 4.69) is 37.8 Å². The molecule has 0 saturated carbocycles. The zero-order chi connectivity index (χ0) is 17.1. The molecular weight excluding hydrogens is 316 g/mol. The number of rotatable bonds is 5. The summed E-state index contributed by atoms with van der Waals surface area (Å²) in [5.74, 6) is 0.774. The SMILES string of the molecule is CN(Cc1ccc(-c2cccc3nonc23)nn1)CC1CCNCC1. The van der Waals surface area contributed by atoms with Crippen molar-refractivity contribution in [3.63, 3.8) is 0 Å². The topological polar surface area (TPSA) is 80.0 Å². The van der Waals surface area contributed by atoms with E-state index in [1.165, 1.54) is 12.8 Å². The predicted molar refractivity (Wildman–Crippen MR) is 94.8 cm³/mol. The molecule has 7 heteroatoms. The van der Waals surface area contributed by atoms with Crippen LogP contribution in [0.1, 0.15) is 18.5 Å². The zero-order valence-corrected chi connectivity index (χ0v) is 14.4. The van der Waals surface area contributed by atoms with E-state index in [9.17, 15) is 0 Å². The number of nitrogens with one attached hydrogen (secondary N) is 1. The van der Waals surface area contributed by atoms with Gasteiger partial charge in [0.25, 0.3) is 0 Å². The maximum absolute atomic E-state index is 4.82. The summed E-state index contributed by atoms with van der Waals surface area (Å²) in [5.41, 5.74) is 4.09. The van der Waals surface area contributed by atoms with E-state index in [0.717, 1.165) is 54.6 Å². The molecule has 130 valence electrons. The number of hydrogen-bond acceptors (Lipinski definition) is 7. The number of nitrogens with zero attached hydrogens (tertiary/aromatic N) is 5. The lowest BCUT2D eigenvalue weighted by Crippen LogP contribution is -2.34. The molecule has 1 aliphatic heterocycles. The molecule has 0 aliphatic carbocycles.